The Morgan fingerprint density at radius 3 is 2.29 bits per heavy atom. The van der Waals surface area contributed by atoms with Crippen molar-refractivity contribution in [3.05, 3.63) is 23.3 Å². The van der Waals surface area contributed by atoms with Crippen molar-refractivity contribution in [1.82, 2.24) is 0 Å². The molecule has 0 aromatic carbocycles. The van der Waals surface area contributed by atoms with Crippen molar-refractivity contribution >= 4 is 12.5 Å². The van der Waals surface area contributed by atoms with Gasteiger partial charge in [-0.1, -0.05) is 56.8 Å². The molecule has 0 aliphatic heterocycles. The first-order valence-corrected chi connectivity index (χ1v) is 8.46. The summed E-state index contributed by atoms with van der Waals surface area (Å²) in [7, 11) is 0. The molecule has 1 atom stereocenters. The molecule has 0 bridgehead atoms. The second-order valence-electron chi connectivity index (χ2n) is 5.57. The highest BCUT2D eigenvalue weighted by Gasteiger charge is 2.05. The van der Waals surface area contributed by atoms with Crippen LogP contribution in [0.2, 0.25) is 0 Å². The van der Waals surface area contributed by atoms with E-state index < -0.39 is 0 Å². The maximum absolute atomic E-state index is 10.5. The predicted molar refractivity (Wildman–Crippen MR) is 94.1 cm³/mol. The summed E-state index contributed by atoms with van der Waals surface area (Å²) in [6.07, 6.45) is 16.5. The number of rotatable bonds is 12. The Kier molecular flexibility index (Phi) is 13.0. The zero-order valence-corrected chi connectivity index (χ0v) is 14.4. The number of hydrogen-bond acceptors (Lipinski definition) is 2. The van der Waals surface area contributed by atoms with Gasteiger partial charge in [0.25, 0.3) is 0 Å². The Morgan fingerprint density at radius 2 is 1.71 bits per heavy atom. The van der Waals surface area contributed by atoms with Crippen LogP contribution in [0.3, 0.4) is 0 Å². The number of aliphatic imine (C=N–C) groups is 1. The molecule has 0 amide bonds. The topological polar surface area (TPSA) is 29.4 Å². The molecule has 0 aliphatic carbocycles. The standard InChI is InChI=1S/C19H33NO/c1-5-8-9-10-11-12-13-19(7-3)17(4)20-16-18(6-2)14-15-21/h6-7,15-17H,5,8-14H2,1-4H3/b18-6+,19-7-,20-16?/t17-/m1/s1. The lowest BCUT2D eigenvalue weighted by Gasteiger charge is -2.12. The molecule has 2 heteroatoms. The number of nitrogens with zero attached hydrogens (tertiary/aromatic N) is 1. The van der Waals surface area contributed by atoms with Crippen LogP contribution in [0.5, 0.6) is 0 Å². The summed E-state index contributed by atoms with van der Waals surface area (Å²) in [4.78, 5) is 15.1. The first kappa shape index (κ1) is 19.8. The molecule has 0 saturated heterocycles. The van der Waals surface area contributed by atoms with Crippen molar-refractivity contribution in [3.8, 4) is 0 Å². The second kappa shape index (κ2) is 13.8. The Labute approximate surface area is 131 Å². The summed E-state index contributed by atoms with van der Waals surface area (Å²) in [6.45, 7) is 8.43. The summed E-state index contributed by atoms with van der Waals surface area (Å²) in [5, 5.41) is 0. The fraction of sp³-hybridized carbons (Fsp3) is 0.684. The van der Waals surface area contributed by atoms with Crippen LogP contribution in [0.1, 0.15) is 79.1 Å². The molecular formula is C19H33NO. The van der Waals surface area contributed by atoms with Crippen molar-refractivity contribution in [3.63, 3.8) is 0 Å². The van der Waals surface area contributed by atoms with Crippen LogP contribution in [0.4, 0.5) is 0 Å². The third-order valence-corrected chi connectivity index (χ3v) is 3.88. The van der Waals surface area contributed by atoms with Gasteiger partial charge >= 0.3 is 0 Å². The molecule has 0 heterocycles. The molecule has 0 fully saturated rings. The fourth-order valence-electron chi connectivity index (χ4n) is 2.35. The van der Waals surface area contributed by atoms with E-state index in [9.17, 15) is 4.79 Å². The van der Waals surface area contributed by atoms with E-state index in [1.165, 1.54) is 44.1 Å². The van der Waals surface area contributed by atoms with Gasteiger partial charge in [-0.2, -0.15) is 0 Å². The van der Waals surface area contributed by atoms with Crippen LogP contribution in [0, 0.1) is 0 Å². The molecule has 21 heavy (non-hydrogen) atoms. The van der Waals surface area contributed by atoms with Crippen molar-refractivity contribution in [2.75, 3.05) is 0 Å². The number of hydrogen-bond donors (Lipinski definition) is 0. The van der Waals surface area contributed by atoms with Crippen LogP contribution in [-0.4, -0.2) is 18.5 Å². The van der Waals surface area contributed by atoms with E-state index in [0.717, 1.165) is 18.3 Å². The molecule has 0 radical (unpaired) electrons. The van der Waals surface area contributed by atoms with Gasteiger partial charge in [0.05, 0.1) is 6.04 Å². The molecular weight excluding hydrogens is 258 g/mol. The van der Waals surface area contributed by atoms with Crippen molar-refractivity contribution in [2.24, 2.45) is 4.99 Å². The number of aldehydes is 1. The molecule has 0 aromatic rings. The second-order valence-corrected chi connectivity index (χ2v) is 5.57. The van der Waals surface area contributed by atoms with Gasteiger partial charge in [0.2, 0.25) is 0 Å². The minimum Gasteiger partial charge on any atom is -0.303 e. The Balaban J connectivity index is 4.16. The average Bonchev–Trinajstić information content (AvgIpc) is 2.50. The highest BCUT2D eigenvalue weighted by molar-refractivity contribution is 5.83. The molecule has 120 valence electrons. The van der Waals surface area contributed by atoms with Crippen LogP contribution in [-0.2, 0) is 4.79 Å². The lowest BCUT2D eigenvalue weighted by molar-refractivity contribution is -0.107. The van der Waals surface area contributed by atoms with Gasteiger partial charge in [-0.15, -0.1) is 0 Å². The van der Waals surface area contributed by atoms with Gasteiger partial charge in [0.1, 0.15) is 6.29 Å². The Bertz CT molecular complexity index is 353. The third-order valence-electron chi connectivity index (χ3n) is 3.88. The van der Waals surface area contributed by atoms with Crippen LogP contribution >= 0.6 is 0 Å². The van der Waals surface area contributed by atoms with E-state index in [2.05, 4.69) is 31.8 Å². The molecule has 0 unspecified atom stereocenters. The van der Waals surface area contributed by atoms with Gasteiger partial charge in [-0.05, 0) is 39.2 Å². The molecule has 0 saturated carbocycles. The summed E-state index contributed by atoms with van der Waals surface area (Å²) >= 11 is 0. The lowest BCUT2D eigenvalue weighted by Crippen LogP contribution is -2.04. The zero-order chi connectivity index (χ0) is 15.9. The monoisotopic (exact) mass is 291 g/mol. The van der Waals surface area contributed by atoms with E-state index in [1.54, 1.807) is 0 Å². The van der Waals surface area contributed by atoms with Gasteiger partial charge in [-0.3, -0.25) is 4.99 Å². The summed E-state index contributed by atoms with van der Waals surface area (Å²) in [5.41, 5.74) is 2.40. The molecule has 0 rings (SSSR count). The lowest BCUT2D eigenvalue weighted by atomic mass is 10.0. The van der Waals surface area contributed by atoms with Crippen molar-refractivity contribution in [2.45, 2.75) is 85.1 Å². The number of allylic oxidation sites excluding steroid dienone is 3. The van der Waals surface area contributed by atoms with Gasteiger partial charge < -0.3 is 4.79 Å². The van der Waals surface area contributed by atoms with Crippen LogP contribution < -0.4 is 0 Å². The maximum atomic E-state index is 10.5. The highest BCUT2D eigenvalue weighted by Crippen LogP contribution is 2.17. The predicted octanol–water partition coefficient (Wildman–Crippen LogP) is 5.68. The maximum Gasteiger partial charge on any atom is 0.124 e. The third kappa shape index (κ3) is 10.2. The van der Waals surface area contributed by atoms with E-state index in [1.807, 2.05) is 19.2 Å². The first-order valence-electron chi connectivity index (χ1n) is 8.46. The smallest absolute Gasteiger partial charge is 0.124 e. The number of carbonyl (C=O) groups is 1. The number of unbranched alkanes of at least 4 members (excludes halogenated alkanes) is 5. The highest BCUT2D eigenvalue weighted by atomic mass is 16.1. The average molecular weight is 291 g/mol. The van der Waals surface area contributed by atoms with Gasteiger partial charge in [0, 0.05) is 12.6 Å². The van der Waals surface area contributed by atoms with E-state index >= 15 is 0 Å². The summed E-state index contributed by atoms with van der Waals surface area (Å²) < 4.78 is 0. The molecule has 0 aliphatic rings. The largest absolute Gasteiger partial charge is 0.303 e. The molecule has 0 spiro atoms. The van der Waals surface area contributed by atoms with E-state index in [4.69, 9.17) is 0 Å². The van der Waals surface area contributed by atoms with Crippen LogP contribution in [0.25, 0.3) is 0 Å². The number of carbonyl (C=O) groups excluding carboxylic acids is 1. The Morgan fingerprint density at radius 1 is 1.05 bits per heavy atom. The summed E-state index contributed by atoms with van der Waals surface area (Å²) in [5.74, 6) is 0. The van der Waals surface area contributed by atoms with Gasteiger partial charge in [0.15, 0.2) is 0 Å². The van der Waals surface area contributed by atoms with Gasteiger partial charge in [-0.25, -0.2) is 0 Å². The summed E-state index contributed by atoms with van der Waals surface area (Å²) in [6, 6.07) is 0.215. The first-order chi connectivity index (χ1) is 10.2. The Hall–Kier alpha value is -1.18. The molecule has 2 nitrogen and oxygen atoms in total. The van der Waals surface area contributed by atoms with Crippen LogP contribution in [0.15, 0.2) is 28.3 Å². The minimum atomic E-state index is 0.215. The molecule has 0 aromatic heterocycles. The van der Waals surface area contributed by atoms with Crippen molar-refractivity contribution in [1.29, 1.82) is 0 Å². The van der Waals surface area contributed by atoms with E-state index in [-0.39, 0.29) is 6.04 Å². The van der Waals surface area contributed by atoms with E-state index in [0.29, 0.717) is 6.42 Å². The zero-order valence-electron chi connectivity index (χ0n) is 14.4. The molecule has 0 N–H and O–H groups in total. The van der Waals surface area contributed by atoms with Crippen molar-refractivity contribution < 1.29 is 4.79 Å². The SMILES string of the molecule is C/C=C(/CCCCCCCC)[C@@H](C)N=C/C(=C/C)CC=O. The quantitative estimate of drug-likeness (QED) is 0.197. The minimum absolute atomic E-state index is 0.215. The fourth-order valence-corrected chi connectivity index (χ4v) is 2.35. The normalized spacial score (nSPS) is 14.7.